The molecule has 0 saturated heterocycles. The van der Waals surface area contributed by atoms with E-state index in [1.165, 1.54) is 18.5 Å². The van der Waals surface area contributed by atoms with Gasteiger partial charge in [-0.3, -0.25) is 4.79 Å². The lowest BCUT2D eigenvalue weighted by atomic mass is 10.2. The molecule has 126 valence electrons. The molecule has 0 aliphatic heterocycles. The van der Waals surface area contributed by atoms with Gasteiger partial charge in [0, 0.05) is 23.5 Å². The summed E-state index contributed by atoms with van der Waals surface area (Å²) in [5.41, 5.74) is 2.11. The maximum absolute atomic E-state index is 13.2. The van der Waals surface area contributed by atoms with Crippen LogP contribution in [0.3, 0.4) is 0 Å². The maximum atomic E-state index is 13.2. The number of para-hydroxylation sites is 1. The number of aryl methyl sites for hydroxylation is 1. The number of carbonyl (C=O) groups is 1. The minimum Gasteiger partial charge on any atom is -0.340 e. The van der Waals surface area contributed by atoms with Crippen molar-refractivity contribution >= 4 is 23.1 Å². The average molecular weight is 340 g/mol. The van der Waals surface area contributed by atoms with E-state index >= 15 is 0 Å². The second kappa shape index (κ2) is 7.04. The fraction of sp³-hybridized carbons (Fsp3) is 0.0556. The summed E-state index contributed by atoms with van der Waals surface area (Å²) in [5.74, 6) is -2.13. The van der Waals surface area contributed by atoms with Gasteiger partial charge in [-0.05, 0) is 30.7 Å². The van der Waals surface area contributed by atoms with Gasteiger partial charge in [0.05, 0.1) is 0 Å². The van der Waals surface area contributed by atoms with Crippen LogP contribution in [0.2, 0.25) is 0 Å². The molecule has 0 aliphatic rings. The molecule has 0 fully saturated rings. The first-order valence-corrected chi connectivity index (χ1v) is 7.44. The zero-order chi connectivity index (χ0) is 17.8. The molecule has 1 aromatic heterocycles. The number of anilines is 3. The lowest BCUT2D eigenvalue weighted by molar-refractivity contribution is 0.102. The number of nitrogens with zero attached hydrogens (tertiary/aromatic N) is 2. The highest BCUT2D eigenvalue weighted by Crippen LogP contribution is 2.19. The van der Waals surface area contributed by atoms with E-state index in [1.807, 2.05) is 31.2 Å². The molecular formula is C18H14F2N4O. The van der Waals surface area contributed by atoms with E-state index in [0.29, 0.717) is 5.82 Å². The predicted molar refractivity (Wildman–Crippen MR) is 90.8 cm³/mol. The van der Waals surface area contributed by atoms with E-state index in [1.54, 1.807) is 0 Å². The quantitative estimate of drug-likeness (QED) is 0.752. The van der Waals surface area contributed by atoms with Crippen LogP contribution in [0.4, 0.5) is 26.0 Å². The average Bonchev–Trinajstić information content (AvgIpc) is 2.60. The van der Waals surface area contributed by atoms with Crippen LogP contribution in [0.5, 0.6) is 0 Å². The molecule has 1 amide bonds. The monoisotopic (exact) mass is 340 g/mol. The minimum atomic E-state index is -1.04. The molecular weight excluding hydrogens is 326 g/mol. The summed E-state index contributed by atoms with van der Waals surface area (Å²) in [6, 6.07) is 12.2. The summed E-state index contributed by atoms with van der Waals surface area (Å²) >= 11 is 0. The van der Waals surface area contributed by atoms with E-state index < -0.39 is 17.5 Å². The molecule has 1 heterocycles. The summed E-state index contributed by atoms with van der Waals surface area (Å²) in [6.45, 7) is 1.94. The van der Waals surface area contributed by atoms with Crippen molar-refractivity contribution in [1.29, 1.82) is 0 Å². The number of amides is 1. The third-order valence-electron chi connectivity index (χ3n) is 3.48. The van der Waals surface area contributed by atoms with Crippen molar-refractivity contribution in [3.63, 3.8) is 0 Å². The highest BCUT2D eigenvalue weighted by Gasteiger charge is 2.11. The Hall–Kier alpha value is -3.35. The van der Waals surface area contributed by atoms with Crippen molar-refractivity contribution < 1.29 is 13.6 Å². The first-order chi connectivity index (χ1) is 12.0. The molecule has 0 unspecified atom stereocenters. The number of benzene rings is 2. The molecule has 7 heteroatoms. The zero-order valence-corrected chi connectivity index (χ0v) is 13.3. The molecule has 5 nitrogen and oxygen atoms in total. The third kappa shape index (κ3) is 3.95. The van der Waals surface area contributed by atoms with Crippen LogP contribution >= 0.6 is 0 Å². The van der Waals surface area contributed by atoms with Gasteiger partial charge >= 0.3 is 0 Å². The van der Waals surface area contributed by atoms with Gasteiger partial charge in [0.25, 0.3) is 5.91 Å². The Morgan fingerprint density at radius 3 is 2.56 bits per heavy atom. The van der Waals surface area contributed by atoms with Crippen LogP contribution < -0.4 is 10.6 Å². The predicted octanol–water partition coefficient (Wildman–Crippen LogP) is 4.06. The van der Waals surface area contributed by atoms with Crippen LogP contribution in [0, 0.1) is 18.6 Å². The number of hydrogen-bond donors (Lipinski definition) is 2. The fourth-order valence-electron chi connectivity index (χ4n) is 2.17. The number of hydrogen-bond acceptors (Lipinski definition) is 4. The van der Waals surface area contributed by atoms with E-state index in [4.69, 9.17) is 0 Å². The topological polar surface area (TPSA) is 66.9 Å². The van der Waals surface area contributed by atoms with Gasteiger partial charge in [0.2, 0.25) is 0 Å². The summed E-state index contributed by atoms with van der Waals surface area (Å²) in [4.78, 5) is 20.2. The van der Waals surface area contributed by atoms with E-state index in [2.05, 4.69) is 20.6 Å². The van der Waals surface area contributed by atoms with Gasteiger partial charge < -0.3 is 10.6 Å². The van der Waals surface area contributed by atoms with Crippen LogP contribution in [0.1, 0.15) is 16.1 Å². The van der Waals surface area contributed by atoms with E-state index in [9.17, 15) is 13.6 Å². The molecule has 0 bridgehead atoms. The van der Waals surface area contributed by atoms with Crippen LogP contribution in [0.25, 0.3) is 0 Å². The summed E-state index contributed by atoms with van der Waals surface area (Å²) in [6.07, 6.45) is 1.25. The molecule has 0 radical (unpaired) electrons. The van der Waals surface area contributed by atoms with Crippen molar-refractivity contribution in [1.82, 2.24) is 9.97 Å². The van der Waals surface area contributed by atoms with Gasteiger partial charge in [-0.1, -0.05) is 18.2 Å². The number of rotatable bonds is 4. The highest BCUT2D eigenvalue weighted by atomic mass is 19.2. The smallest absolute Gasteiger partial charge is 0.274 e. The second-order valence-corrected chi connectivity index (χ2v) is 5.31. The SMILES string of the molecule is Cc1ccccc1Nc1cc(C(=O)Nc2ccc(F)c(F)c2)ncn1. The highest BCUT2D eigenvalue weighted by molar-refractivity contribution is 6.03. The van der Waals surface area contributed by atoms with Crippen LogP contribution in [-0.4, -0.2) is 15.9 Å². The number of halogens is 2. The fourth-order valence-corrected chi connectivity index (χ4v) is 2.17. The first kappa shape index (κ1) is 16.5. The second-order valence-electron chi connectivity index (χ2n) is 5.31. The molecule has 0 atom stereocenters. The van der Waals surface area contributed by atoms with E-state index in [-0.39, 0.29) is 11.4 Å². The van der Waals surface area contributed by atoms with Gasteiger partial charge in [-0.25, -0.2) is 18.7 Å². The van der Waals surface area contributed by atoms with Crippen molar-refractivity contribution in [3.05, 3.63) is 77.8 Å². The molecule has 0 aliphatic carbocycles. The Morgan fingerprint density at radius 2 is 1.80 bits per heavy atom. The Balaban J connectivity index is 1.77. The normalized spacial score (nSPS) is 10.4. The molecule has 3 aromatic rings. The molecule has 3 rings (SSSR count). The molecule has 0 spiro atoms. The summed E-state index contributed by atoms with van der Waals surface area (Å²) in [7, 11) is 0. The standard InChI is InChI=1S/C18H14F2N4O/c1-11-4-2-3-5-15(11)24-17-9-16(21-10-22-17)18(25)23-12-6-7-13(19)14(20)8-12/h2-10H,1H3,(H,23,25)(H,21,22,24). The Labute approximate surface area is 142 Å². The van der Waals surface area contributed by atoms with Crippen molar-refractivity contribution in [2.24, 2.45) is 0 Å². The largest absolute Gasteiger partial charge is 0.340 e. The minimum absolute atomic E-state index is 0.0933. The number of nitrogens with one attached hydrogen (secondary N) is 2. The van der Waals surface area contributed by atoms with Gasteiger partial charge in [0.15, 0.2) is 11.6 Å². The maximum Gasteiger partial charge on any atom is 0.274 e. The molecule has 25 heavy (non-hydrogen) atoms. The van der Waals surface area contributed by atoms with Gasteiger partial charge in [0.1, 0.15) is 17.8 Å². The molecule has 0 saturated carbocycles. The van der Waals surface area contributed by atoms with E-state index in [0.717, 1.165) is 23.4 Å². The van der Waals surface area contributed by atoms with Crippen LogP contribution in [-0.2, 0) is 0 Å². The lowest BCUT2D eigenvalue weighted by Crippen LogP contribution is -2.14. The summed E-state index contributed by atoms with van der Waals surface area (Å²) < 4.78 is 26.1. The van der Waals surface area contributed by atoms with Crippen molar-refractivity contribution in [2.45, 2.75) is 6.92 Å². The lowest BCUT2D eigenvalue weighted by Gasteiger charge is -2.09. The molecule has 2 N–H and O–H groups in total. The third-order valence-corrected chi connectivity index (χ3v) is 3.48. The number of aromatic nitrogens is 2. The molecule has 2 aromatic carbocycles. The van der Waals surface area contributed by atoms with Gasteiger partial charge in [-0.15, -0.1) is 0 Å². The Kier molecular flexibility index (Phi) is 4.65. The Morgan fingerprint density at radius 1 is 1.00 bits per heavy atom. The van der Waals surface area contributed by atoms with Crippen molar-refractivity contribution in [3.8, 4) is 0 Å². The van der Waals surface area contributed by atoms with Crippen LogP contribution in [0.15, 0.2) is 54.9 Å². The Bertz CT molecular complexity index is 930. The van der Waals surface area contributed by atoms with Gasteiger partial charge in [-0.2, -0.15) is 0 Å². The zero-order valence-electron chi connectivity index (χ0n) is 13.3. The first-order valence-electron chi connectivity index (χ1n) is 7.44. The number of carbonyl (C=O) groups excluding carboxylic acids is 1. The summed E-state index contributed by atoms with van der Waals surface area (Å²) in [5, 5.41) is 5.57. The van der Waals surface area contributed by atoms with Crippen molar-refractivity contribution in [2.75, 3.05) is 10.6 Å².